The molecule has 1 amide bonds. The van der Waals surface area contributed by atoms with E-state index in [4.69, 9.17) is 0 Å². The van der Waals surface area contributed by atoms with Gasteiger partial charge in [0.1, 0.15) is 6.04 Å². The van der Waals surface area contributed by atoms with Crippen LogP contribution in [0.25, 0.3) is 0 Å². The van der Waals surface area contributed by atoms with Gasteiger partial charge in [0.2, 0.25) is 5.91 Å². The minimum Gasteiger partial charge on any atom is -0.480 e. The van der Waals surface area contributed by atoms with Crippen LogP contribution in [0.5, 0.6) is 0 Å². The first-order valence-corrected chi connectivity index (χ1v) is 7.92. The topological polar surface area (TPSA) is 108 Å². The van der Waals surface area contributed by atoms with Gasteiger partial charge in [-0.3, -0.25) is 9.36 Å². The number of aromatic nitrogens is 3. The molecule has 0 bridgehead atoms. The Bertz CT molecular complexity index is 741. The first-order valence-electron chi connectivity index (χ1n) is 7.92. The average Bonchev–Trinajstić information content (AvgIpc) is 2.93. The number of hydrogen-bond donors (Lipinski definition) is 2. The lowest BCUT2D eigenvalue weighted by Crippen LogP contribution is -2.54. The van der Waals surface area contributed by atoms with Crippen LogP contribution in [0, 0.1) is 11.8 Å². The van der Waals surface area contributed by atoms with Crippen LogP contribution < -0.4 is 5.69 Å². The number of carboxylic acids is 1. The van der Waals surface area contributed by atoms with Gasteiger partial charge in [-0.2, -0.15) is 18.3 Å². The molecule has 1 saturated carbocycles. The zero-order valence-corrected chi connectivity index (χ0v) is 13.1. The summed E-state index contributed by atoms with van der Waals surface area (Å²) in [4.78, 5) is 36.8. The summed E-state index contributed by atoms with van der Waals surface area (Å²) in [5, 5.41) is 15.3. The monoisotopic (exact) mass is 362 g/mol. The molecule has 3 unspecified atom stereocenters. The number of fused-ring (bicyclic) bond motifs is 1. The van der Waals surface area contributed by atoms with Crippen LogP contribution in [0.15, 0.2) is 4.79 Å². The van der Waals surface area contributed by atoms with Crippen molar-refractivity contribution in [1.29, 1.82) is 0 Å². The highest BCUT2D eigenvalue weighted by Gasteiger charge is 2.46. The summed E-state index contributed by atoms with van der Waals surface area (Å²) < 4.78 is 40.0. The summed E-state index contributed by atoms with van der Waals surface area (Å²) in [7, 11) is 0. The Morgan fingerprint density at radius 2 is 2.00 bits per heavy atom. The molecule has 2 heterocycles. The second kappa shape index (κ2) is 6.19. The van der Waals surface area contributed by atoms with Crippen molar-refractivity contribution in [2.75, 3.05) is 0 Å². The van der Waals surface area contributed by atoms with Crippen molar-refractivity contribution in [1.82, 2.24) is 19.7 Å². The maximum atomic E-state index is 13.0. The quantitative estimate of drug-likeness (QED) is 0.807. The molecule has 8 nitrogen and oxygen atoms in total. The number of nitrogens with zero attached hydrogens (tertiary/aromatic N) is 3. The minimum absolute atomic E-state index is 0.0193. The highest BCUT2D eigenvalue weighted by Crippen LogP contribution is 2.40. The summed E-state index contributed by atoms with van der Waals surface area (Å²) in [5.74, 6) is -4.16. The molecule has 0 saturated heterocycles. The van der Waals surface area contributed by atoms with Gasteiger partial charge in [0.15, 0.2) is 5.82 Å². The molecular formula is C14H17F3N4O4. The lowest BCUT2D eigenvalue weighted by molar-refractivity contribution is -0.188. The van der Waals surface area contributed by atoms with E-state index in [0.29, 0.717) is 6.42 Å². The molecule has 1 aromatic heterocycles. The maximum absolute atomic E-state index is 13.0. The smallest absolute Gasteiger partial charge is 0.391 e. The SMILES string of the molecule is O=C(O)C1Cn2c(n[nH]c2=O)CN1C(=O)C1CCCC(C(F)(F)F)C1. The van der Waals surface area contributed by atoms with Gasteiger partial charge in [-0.25, -0.2) is 14.7 Å². The lowest BCUT2D eigenvalue weighted by atomic mass is 9.80. The van der Waals surface area contributed by atoms with E-state index in [1.54, 1.807) is 0 Å². The molecule has 1 aromatic rings. The number of H-pyrrole nitrogens is 1. The second-order valence-corrected chi connectivity index (χ2v) is 6.48. The fourth-order valence-corrected chi connectivity index (χ4v) is 3.58. The Labute approximate surface area is 139 Å². The first-order chi connectivity index (χ1) is 11.7. The zero-order chi connectivity index (χ0) is 18.4. The molecule has 0 radical (unpaired) electrons. The third-order valence-corrected chi connectivity index (χ3v) is 4.94. The normalized spacial score (nSPS) is 27.0. The van der Waals surface area contributed by atoms with Crippen LogP contribution >= 0.6 is 0 Å². The number of aromatic amines is 1. The summed E-state index contributed by atoms with van der Waals surface area (Å²) in [6.45, 7) is -0.497. The summed E-state index contributed by atoms with van der Waals surface area (Å²) in [6, 6.07) is -1.30. The standard InChI is InChI=1S/C14H17F3N4O4/c15-14(16,17)8-3-1-2-7(4-8)11(22)20-6-10-18-19-13(25)21(10)5-9(20)12(23)24/h7-9H,1-6H2,(H,19,25)(H,23,24). The van der Waals surface area contributed by atoms with Crippen molar-refractivity contribution in [3.05, 3.63) is 16.3 Å². The number of carboxylic acid groups (broad SMARTS) is 1. The van der Waals surface area contributed by atoms with Gasteiger partial charge in [0, 0.05) is 5.92 Å². The Balaban J connectivity index is 1.82. The number of aliphatic carboxylic acids is 1. The van der Waals surface area contributed by atoms with Crippen LogP contribution in [0.1, 0.15) is 31.5 Å². The third kappa shape index (κ3) is 3.27. The molecule has 1 aliphatic carbocycles. The molecule has 2 aliphatic rings. The predicted octanol–water partition coefficient (Wildman–Crippen LogP) is 0.735. The summed E-state index contributed by atoms with van der Waals surface area (Å²) in [5.41, 5.74) is -0.580. The molecule has 25 heavy (non-hydrogen) atoms. The fraction of sp³-hybridized carbons (Fsp3) is 0.714. The third-order valence-electron chi connectivity index (χ3n) is 4.94. The molecule has 11 heteroatoms. The van der Waals surface area contributed by atoms with Gasteiger partial charge in [0.25, 0.3) is 0 Å². The van der Waals surface area contributed by atoms with Crippen LogP contribution in [0.4, 0.5) is 13.2 Å². The molecule has 0 aromatic carbocycles. The Morgan fingerprint density at radius 1 is 1.28 bits per heavy atom. The van der Waals surface area contributed by atoms with Crippen LogP contribution in [0.3, 0.4) is 0 Å². The van der Waals surface area contributed by atoms with Gasteiger partial charge >= 0.3 is 17.8 Å². The van der Waals surface area contributed by atoms with Crippen LogP contribution in [-0.2, 0) is 22.7 Å². The number of amides is 1. The van der Waals surface area contributed by atoms with E-state index < -0.39 is 41.6 Å². The average molecular weight is 362 g/mol. The molecular weight excluding hydrogens is 345 g/mol. The van der Waals surface area contributed by atoms with Gasteiger partial charge in [-0.1, -0.05) is 6.42 Å². The fourth-order valence-electron chi connectivity index (χ4n) is 3.58. The number of alkyl halides is 3. The van der Waals surface area contributed by atoms with Gasteiger partial charge < -0.3 is 10.0 Å². The Morgan fingerprint density at radius 3 is 2.64 bits per heavy atom. The largest absolute Gasteiger partial charge is 0.480 e. The van der Waals surface area contributed by atoms with E-state index in [2.05, 4.69) is 10.2 Å². The highest BCUT2D eigenvalue weighted by molar-refractivity contribution is 5.85. The number of carbonyl (C=O) groups is 2. The van der Waals surface area contributed by atoms with E-state index in [-0.39, 0.29) is 38.2 Å². The zero-order valence-electron chi connectivity index (χ0n) is 13.1. The number of nitrogens with one attached hydrogen (secondary N) is 1. The number of hydrogen-bond acceptors (Lipinski definition) is 4. The lowest BCUT2D eigenvalue weighted by Gasteiger charge is -2.37. The second-order valence-electron chi connectivity index (χ2n) is 6.48. The van der Waals surface area contributed by atoms with Crippen molar-refractivity contribution < 1.29 is 27.9 Å². The molecule has 1 fully saturated rings. The summed E-state index contributed by atoms with van der Waals surface area (Å²) in [6.07, 6.45) is -4.16. The number of carbonyl (C=O) groups excluding carboxylic acids is 1. The van der Waals surface area contributed by atoms with Gasteiger partial charge in [-0.15, -0.1) is 0 Å². The van der Waals surface area contributed by atoms with E-state index in [0.717, 1.165) is 9.47 Å². The van der Waals surface area contributed by atoms with E-state index in [9.17, 15) is 32.7 Å². The van der Waals surface area contributed by atoms with Crippen molar-refractivity contribution in [2.45, 2.75) is 51.0 Å². The van der Waals surface area contributed by atoms with E-state index >= 15 is 0 Å². The van der Waals surface area contributed by atoms with Crippen molar-refractivity contribution in [3.8, 4) is 0 Å². The minimum atomic E-state index is -4.37. The van der Waals surface area contributed by atoms with Gasteiger partial charge in [-0.05, 0) is 19.3 Å². The van der Waals surface area contributed by atoms with Gasteiger partial charge in [0.05, 0.1) is 19.0 Å². The first kappa shape index (κ1) is 17.5. The molecule has 0 spiro atoms. The van der Waals surface area contributed by atoms with Crippen molar-refractivity contribution in [2.24, 2.45) is 11.8 Å². The Hall–Kier alpha value is -2.33. The van der Waals surface area contributed by atoms with E-state index in [1.807, 2.05) is 0 Å². The molecule has 3 atom stereocenters. The van der Waals surface area contributed by atoms with Crippen LogP contribution in [-0.4, -0.2) is 48.9 Å². The molecule has 2 N–H and O–H groups in total. The molecule has 1 aliphatic heterocycles. The molecule has 3 rings (SSSR count). The van der Waals surface area contributed by atoms with Crippen molar-refractivity contribution >= 4 is 11.9 Å². The maximum Gasteiger partial charge on any atom is 0.391 e. The number of rotatable bonds is 2. The molecule has 138 valence electrons. The van der Waals surface area contributed by atoms with E-state index in [1.165, 1.54) is 0 Å². The van der Waals surface area contributed by atoms with Crippen LogP contribution in [0.2, 0.25) is 0 Å². The summed E-state index contributed by atoms with van der Waals surface area (Å²) >= 11 is 0. The van der Waals surface area contributed by atoms with Crippen molar-refractivity contribution in [3.63, 3.8) is 0 Å². The predicted molar refractivity (Wildman–Crippen MR) is 76.3 cm³/mol. The number of halogens is 3. The Kier molecular flexibility index (Phi) is 4.33. The highest BCUT2D eigenvalue weighted by atomic mass is 19.4.